The molecule has 1 saturated heterocycles. The highest BCUT2D eigenvalue weighted by Crippen LogP contribution is 2.34. The third kappa shape index (κ3) is 3.92. The molecule has 1 fully saturated rings. The molecule has 0 spiro atoms. The second-order valence-electron chi connectivity index (χ2n) is 6.43. The largest absolute Gasteiger partial charge is 0.308 e. The maximum atomic E-state index is 3.85. The van der Waals surface area contributed by atoms with Crippen molar-refractivity contribution >= 4 is 11.8 Å². The third-order valence-electron chi connectivity index (χ3n) is 5.77. The Kier molecular flexibility index (Phi) is 7.37. The summed E-state index contributed by atoms with van der Waals surface area (Å²) in [4.78, 5) is 2.80. The first-order valence-electron chi connectivity index (χ1n) is 8.58. The van der Waals surface area contributed by atoms with Crippen LogP contribution < -0.4 is 5.32 Å². The molecule has 0 amide bonds. The number of thioether (sulfide) groups is 1. The van der Waals surface area contributed by atoms with E-state index in [1.54, 1.807) is 0 Å². The molecular weight excluding hydrogens is 264 g/mol. The minimum absolute atomic E-state index is 0.345. The average molecular weight is 301 g/mol. The van der Waals surface area contributed by atoms with Crippen LogP contribution in [0.2, 0.25) is 0 Å². The molecule has 0 aliphatic carbocycles. The first kappa shape index (κ1) is 18.3. The molecule has 20 heavy (non-hydrogen) atoms. The molecule has 0 aromatic carbocycles. The van der Waals surface area contributed by atoms with Gasteiger partial charge in [0.15, 0.2) is 0 Å². The molecule has 1 atom stereocenters. The summed E-state index contributed by atoms with van der Waals surface area (Å²) in [6, 6.07) is 0.714. The summed E-state index contributed by atoms with van der Waals surface area (Å²) < 4.78 is 0.442. The third-order valence-corrected chi connectivity index (χ3v) is 7.35. The maximum absolute atomic E-state index is 3.85. The number of hydrogen-bond acceptors (Lipinski definition) is 3. The molecule has 2 nitrogen and oxygen atoms in total. The van der Waals surface area contributed by atoms with Crippen molar-refractivity contribution in [1.29, 1.82) is 0 Å². The van der Waals surface area contributed by atoms with Gasteiger partial charge in [0, 0.05) is 36.0 Å². The Morgan fingerprint density at radius 3 is 2.15 bits per heavy atom. The Labute approximate surface area is 131 Å². The molecule has 120 valence electrons. The number of hydrogen-bond donors (Lipinski definition) is 1. The van der Waals surface area contributed by atoms with Gasteiger partial charge in [0.1, 0.15) is 0 Å². The fraction of sp³-hybridized carbons (Fsp3) is 1.00. The zero-order valence-electron chi connectivity index (χ0n) is 14.6. The average Bonchev–Trinajstić information content (AvgIpc) is 2.52. The van der Waals surface area contributed by atoms with Gasteiger partial charge in [-0.1, -0.05) is 34.6 Å². The molecule has 1 unspecified atom stereocenters. The van der Waals surface area contributed by atoms with E-state index in [4.69, 9.17) is 0 Å². The standard InChI is InChI=1S/C17H36N2S/c1-7-15-12-18-16(8-2,9-3)13-19(15)14-17(10-4,11-5)20-6/h15,18H,7-14H2,1-6H3. The van der Waals surface area contributed by atoms with Gasteiger partial charge in [0.2, 0.25) is 0 Å². The zero-order chi connectivity index (χ0) is 15.2. The van der Waals surface area contributed by atoms with Crippen LogP contribution in [0.4, 0.5) is 0 Å². The molecule has 3 heteroatoms. The topological polar surface area (TPSA) is 15.3 Å². The van der Waals surface area contributed by atoms with Crippen molar-refractivity contribution < 1.29 is 0 Å². The predicted molar refractivity (Wildman–Crippen MR) is 93.8 cm³/mol. The minimum Gasteiger partial charge on any atom is -0.308 e. The molecule has 0 saturated carbocycles. The van der Waals surface area contributed by atoms with Crippen LogP contribution >= 0.6 is 11.8 Å². The van der Waals surface area contributed by atoms with Gasteiger partial charge in [0.05, 0.1) is 0 Å². The SMILES string of the molecule is CCC1CNC(CC)(CC)CN1CC(CC)(CC)SC. The monoisotopic (exact) mass is 300 g/mol. The number of nitrogens with one attached hydrogen (secondary N) is 1. The van der Waals surface area contributed by atoms with E-state index in [2.05, 4.69) is 62.9 Å². The van der Waals surface area contributed by atoms with Crippen molar-refractivity contribution in [2.75, 3.05) is 25.9 Å². The molecule has 1 N–H and O–H groups in total. The Balaban J connectivity index is 2.86. The second kappa shape index (κ2) is 8.05. The van der Waals surface area contributed by atoms with Gasteiger partial charge in [-0.2, -0.15) is 11.8 Å². The maximum Gasteiger partial charge on any atom is 0.0304 e. The van der Waals surface area contributed by atoms with Gasteiger partial charge < -0.3 is 5.32 Å². The van der Waals surface area contributed by atoms with E-state index in [0.29, 0.717) is 16.3 Å². The highest BCUT2D eigenvalue weighted by atomic mass is 32.2. The lowest BCUT2D eigenvalue weighted by Crippen LogP contribution is -2.65. The highest BCUT2D eigenvalue weighted by Gasteiger charge is 2.39. The molecule has 1 rings (SSSR count). The molecule has 0 bridgehead atoms. The van der Waals surface area contributed by atoms with E-state index in [0.717, 1.165) is 6.54 Å². The summed E-state index contributed by atoms with van der Waals surface area (Å²) in [5.41, 5.74) is 0.345. The Hall–Kier alpha value is 0.270. The Morgan fingerprint density at radius 1 is 1.15 bits per heavy atom. The van der Waals surface area contributed by atoms with Crippen molar-refractivity contribution in [2.24, 2.45) is 0 Å². The van der Waals surface area contributed by atoms with Gasteiger partial charge in [0.25, 0.3) is 0 Å². The van der Waals surface area contributed by atoms with Crippen LogP contribution in [0.3, 0.4) is 0 Å². The predicted octanol–water partition coefficient (Wildman–Crippen LogP) is 4.15. The second-order valence-corrected chi connectivity index (χ2v) is 7.70. The normalized spacial score (nSPS) is 24.0. The van der Waals surface area contributed by atoms with Gasteiger partial charge in [-0.05, 0) is 38.4 Å². The Morgan fingerprint density at radius 2 is 1.75 bits per heavy atom. The molecule has 0 radical (unpaired) electrons. The molecule has 0 aromatic heterocycles. The zero-order valence-corrected chi connectivity index (χ0v) is 15.4. The lowest BCUT2D eigenvalue weighted by Gasteiger charge is -2.50. The fourth-order valence-electron chi connectivity index (χ4n) is 3.55. The van der Waals surface area contributed by atoms with Crippen LogP contribution in [-0.4, -0.2) is 47.1 Å². The van der Waals surface area contributed by atoms with E-state index >= 15 is 0 Å². The van der Waals surface area contributed by atoms with Crippen LogP contribution in [0.15, 0.2) is 0 Å². The highest BCUT2D eigenvalue weighted by molar-refractivity contribution is 8.00. The first-order chi connectivity index (χ1) is 9.54. The van der Waals surface area contributed by atoms with Gasteiger partial charge in [-0.15, -0.1) is 0 Å². The van der Waals surface area contributed by atoms with Crippen molar-refractivity contribution in [2.45, 2.75) is 83.1 Å². The van der Waals surface area contributed by atoms with Gasteiger partial charge in [-0.3, -0.25) is 4.90 Å². The van der Waals surface area contributed by atoms with Crippen molar-refractivity contribution in [3.05, 3.63) is 0 Å². The summed E-state index contributed by atoms with van der Waals surface area (Å²) >= 11 is 2.08. The van der Waals surface area contributed by atoms with E-state index < -0.39 is 0 Å². The molecule has 1 aliphatic heterocycles. The fourth-order valence-corrected chi connectivity index (χ4v) is 4.42. The van der Waals surface area contributed by atoms with Crippen molar-refractivity contribution in [3.63, 3.8) is 0 Å². The molecule has 1 heterocycles. The summed E-state index contributed by atoms with van der Waals surface area (Å²) in [6.45, 7) is 15.4. The van der Waals surface area contributed by atoms with E-state index in [-0.39, 0.29) is 0 Å². The Bertz CT molecular complexity index is 264. The number of nitrogens with zero attached hydrogens (tertiary/aromatic N) is 1. The van der Waals surface area contributed by atoms with Crippen LogP contribution in [0.25, 0.3) is 0 Å². The van der Waals surface area contributed by atoms with E-state index in [1.165, 1.54) is 45.2 Å². The number of piperazine rings is 1. The molecule has 1 aliphatic rings. The van der Waals surface area contributed by atoms with E-state index in [9.17, 15) is 0 Å². The summed E-state index contributed by atoms with van der Waals surface area (Å²) in [7, 11) is 0. The molecule has 0 aromatic rings. The quantitative estimate of drug-likeness (QED) is 0.725. The minimum atomic E-state index is 0.345. The number of rotatable bonds is 8. The van der Waals surface area contributed by atoms with Gasteiger partial charge >= 0.3 is 0 Å². The summed E-state index contributed by atoms with van der Waals surface area (Å²) in [6.07, 6.45) is 8.58. The van der Waals surface area contributed by atoms with Gasteiger partial charge in [-0.25, -0.2) is 0 Å². The smallest absolute Gasteiger partial charge is 0.0304 e. The van der Waals surface area contributed by atoms with Crippen molar-refractivity contribution in [1.82, 2.24) is 10.2 Å². The van der Waals surface area contributed by atoms with Crippen molar-refractivity contribution in [3.8, 4) is 0 Å². The summed E-state index contributed by atoms with van der Waals surface area (Å²) in [5.74, 6) is 0. The van der Waals surface area contributed by atoms with Crippen LogP contribution in [0.5, 0.6) is 0 Å². The lowest BCUT2D eigenvalue weighted by atomic mass is 9.87. The molecular formula is C17H36N2S. The lowest BCUT2D eigenvalue weighted by molar-refractivity contribution is 0.0611. The summed E-state index contributed by atoms with van der Waals surface area (Å²) in [5, 5.41) is 3.85. The first-order valence-corrected chi connectivity index (χ1v) is 9.80. The van der Waals surface area contributed by atoms with Crippen LogP contribution in [0, 0.1) is 0 Å². The van der Waals surface area contributed by atoms with Crippen LogP contribution in [0.1, 0.15) is 66.7 Å². The van der Waals surface area contributed by atoms with E-state index in [1.807, 2.05) is 0 Å². The van der Waals surface area contributed by atoms with Crippen LogP contribution in [-0.2, 0) is 0 Å².